The molecule has 1 saturated heterocycles. The lowest BCUT2D eigenvalue weighted by atomic mass is 10.1. The molecule has 0 saturated carbocycles. The number of hydrogen-bond donors (Lipinski definition) is 1. The molecule has 38 heavy (non-hydrogen) atoms. The number of hydrogen-bond acceptors (Lipinski definition) is 6. The third-order valence-electron chi connectivity index (χ3n) is 7.11. The summed E-state index contributed by atoms with van der Waals surface area (Å²) in [6, 6.07) is 12.8. The summed E-state index contributed by atoms with van der Waals surface area (Å²) in [4.78, 5) is 31.5. The molecule has 0 amide bonds. The Labute approximate surface area is 227 Å². The number of fused-ring (bicyclic) bond motifs is 2. The first kappa shape index (κ1) is 24.7. The van der Waals surface area contributed by atoms with E-state index in [1.54, 1.807) is 29.0 Å². The van der Waals surface area contributed by atoms with Crippen LogP contribution in [0.25, 0.3) is 16.6 Å². The molecule has 2 aliphatic rings. The van der Waals surface area contributed by atoms with E-state index in [0.717, 1.165) is 41.9 Å². The first-order valence-corrected chi connectivity index (χ1v) is 13.0. The first-order chi connectivity index (χ1) is 18.4. The van der Waals surface area contributed by atoms with Gasteiger partial charge < -0.3 is 24.0 Å². The molecule has 4 heterocycles. The van der Waals surface area contributed by atoms with Crippen molar-refractivity contribution in [3.63, 3.8) is 0 Å². The Morgan fingerprint density at radius 2 is 1.97 bits per heavy atom. The summed E-state index contributed by atoms with van der Waals surface area (Å²) in [5, 5.41) is 10.8. The average molecular weight is 552 g/mol. The van der Waals surface area contributed by atoms with Crippen LogP contribution in [0.15, 0.2) is 59.7 Å². The van der Waals surface area contributed by atoms with Gasteiger partial charge in [0.1, 0.15) is 17.2 Å². The fourth-order valence-corrected chi connectivity index (χ4v) is 5.66. The van der Waals surface area contributed by atoms with Gasteiger partial charge in [0.05, 0.1) is 35.5 Å². The Bertz CT molecular complexity index is 1640. The van der Waals surface area contributed by atoms with Crippen LogP contribution in [0.2, 0.25) is 10.0 Å². The smallest absolute Gasteiger partial charge is 0.341 e. The average Bonchev–Trinajstić information content (AvgIpc) is 3.57. The van der Waals surface area contributed by atoms with Crippen LogP contribution in [0.5, 0.6) is 5.88 Å². The number of rotatable bonds is 6. The van der Waals surface area contributed by atoms with Crippen molar-refractivity contribution in [2.75, 3.05) is 18.1 Å². The van der Waals surface area contributed by atoms with Crippen molar-refractivity contribution in [2.24, 2.45) is 0 Å². The Morgan fingerprint density at radius 3 is 2.79 bits per heavy atom. The van der Waals surface area contributed by atoms with Crippen LogP contribution in [0.3, 0.4) is 0 Å². The summed E-state index contributed by atoms with van der Waals surface area (Å²) in [5.41, 5.74) is 3.28. The predicted octanol–water partition coefficient (Wildman–Crippen LogP) is 5.47. The van der Waals surface area contributed by atoms with Crippen molar-refractivity contribution < 1.29 is 19.4 Å². The summed E-state index contributed by atoms with van der Waals surface area (Å²) in [7, 11) is 0. The highest BCUT2D eigenvalue weighted by Crippen LogP contribution is 2.36. The van der Waals surface area contributed by atoms with E-state index in [1.807, 2.05) is 24.3 Å². The quantitative estimate of drug-likeness (QED) is 0.339. The minimum absolute atomic E-state index is 0.0126. The number of carboxylic acid groups (broad SMARTS) is 1. The molecule has 0 spiro atoms. The second kappa shape index (κ2) is 9.94. The maximum atomic E-state index is 13.2. The number of halogens is 2. The molecule has 0 aliphatic carbocycles. The lowest BCUT2D eigenvalue weighted by Crippen LogP contribution is -2.34. The number of nitrogens with zero attached hydrogens (tertiary/aromatic N) is 3. The van der Waals surface area contributed by atoms with Crippen LogP contribution in [-0.4, -0.2) is 39.8 Å². The molecule has 0 radical (unpaired) electrons. The summed E-state index contributed by atoms with van der Waals surface area (Å²) < 4.78 is 13.2. The first-order valence-electron chi connectivity index (χ1n) is 12.2. The fourth-order valence-electron chi connectivity index (χ4n) is 5.21. The zero-order valence-corrected chi connectivity index (χ0v) is 21.7. The normalized spacial score (nSPS) is 16.7. The number of aromatic nitrogens is 2. The number of benzene rings is 2. The molecule has 10 heteroatoms. The molecule has 0 bridgehead atoms. The van der Waals surface area contributed by atoms with Gasteiger partial charge in [0, 0.05) is 30.0 Å². The molecule has 1 atom stereocenters. The minimum atomic E-state index is -1.29. The molecule has 6 rings (SSSR count). The molecule has 4 aromatic rings. The van der Waals surface area contributed by atoms with Gasteiger partial charge in [-0.2, -0.15) is 0 Å². The van der Waals surface area contributed by atoms with E-state index >= 15 is 0 Å². The monoisotopic (exact) mass is 551 g/mol. The van der Waals surface area contributed by atoms with Crippen molar-refractivity contribution in [1.29, 1.82) is 0 Å². The highest BCUT2D eigenvalue weighted by atomic mass is 35.5. The third-order valence-corrected chi connectivity index (χ3v) is 7.70. The standard InChI is InChI=1S/C28H23Cl2N3O5/c29-22-4-1-7-31-27(22)38-15-19-3-2-8-32(19)25-11-24-20(10-23(25)30)26(34)21(28(35)36)12-33(24)18-6-5-16-13-37-14-17(16)9-18/h1,4-7,9-12,19H,2-3,8,13-15H2,(H,35,36). The predicted molar refractivity (Wildman–Crippen MR) is 145 cm³/mol. The molecule has 1 unspecified atom stereocenters. The molecule has 1 fully saturated rings. The van der Waals surface area contributed by atoms with Crippen LogP contribution in [0.1, 0.15) is 34.3 Å². The zero-order valence-electron chi connectivity index (χ0n) is 20.2. The highest BCUT2D eigenvalue weighted by Gasteiger charge is 2.29. The lowest BCUT2D eigenvalue weighted by molar-refractivity contribution is 0.0695. The summed E-state index contributed by atoms with van der Waals surface area (Å²) in [6.07, 6.45) is 4.84. The van der Waals surface area contributed by atoms with Gasteiger partial charge in [-0.25, -0.2) is 9.78 Å². The van der Waals surface area contributed by atoms with Gasteiger partial charge in [-0.3, -0.25) is 4.79 Å². The Hall–Kier alpha value is -3.59. The number of anilines is 1. The Morgan fingerprint density at radius 1 is 1.13 bits per heavy atom. The largest absolute Gasteiger partial charge is 0.477 e. The molecule has 1 N–H and O–H groups in total. The van der Waals surface area contributed by atoms with Crippen molar-refractivity contribution in [2.45, 2.75) is 32.1 Å². The summed E-state index contributed by atoms with van der Waals surface area (Å²) in [6.45, 7) is 2.15. The Kier molecular flexibility index (Phi) is 6.47. The number of pyridine rings is 2. The van der Waals surface area contributed by atoms with Gasteiger partial charge in [-0.05, 0) is 60.4 Å². The van der Waals surface area contributed by atoms with Crippen LogP contribution in [0, 0.1) is 0 Å². The van der Waals surface area contributed by atoms with Gasteiger partial charge in [-0.15, -0.1) is 0 Å². The van der Waals surface area contributed by atoms with Gasteiger partial charge in [0.2, 0.25) is 11.3 Å². The van der Waals surface area contributed by atoms with Crippen LogP contribution in [0.4, 0.5) is 5.69 Å². The van der Waals surface area contributed by atoms with Crippen LogP contribution in [-0.2, 0) is 18.0 Å². The number of carbonyl (C=O) groups is 1. The molecule has 2 aromatic carbocycles. The summed E-state index contributed by atoms with van der Waals surface area (Å²) >= 11 is 13.0. The maximum absolute atomic E-state index is 13.2. The summed E-state index contributed by atoms with van der Waals surface area (Å²) in [5.74, 6) is -0.915. The van der Waals surface area contributed by atoms with Crippen LogP contribution < -0.4 is 15.1 Å². The second-order valence-electron chi connectivity index (χ2n) is 9.40. The lowest BCUT2D eigenvalue weighted by Gasteiger charge is -2.28. The van der Waals surface area contributed by atoms with Gasteiger partial charge in [-0.1, -0.05) is 29.3 Å². The van der Waals surface area contributed by atoms with E-state index < -0.39 is 11.4 Å². The molecule has 194 valence electrons. The van der Waals surface area contributed by atoms with E-state index in [9.17, 15) is 14.7 Å². The van der Waals surface area contributed by atoms with E-state index in [2.05, 4.69) is 9.88 Å². The van der Waals surface area contributed by atoms with Crippen LogP contribution >= 0.6 is 23.2 Å². The third kappa shape index (κ3) is 4.38. The van der Waals surface area contributed by atoms with E-state index in [0.29, 0.717) is 41.3 Å². The van der Waals surface area contributed by atoms with Gasteiger partial charge >= 0.3 is 5.97 Å². The number of carboxylic acids is 1. The molecular weight excluding hydrogens is 529 g/mol. The minimum Gasteiger partial charge on any atom is -0.477 e. The highest BCUT2D eigenvalue weighted by molar-refractivity contribution is 6.34. The van der Waals surface area contributed by atoms with Crippen molar-refractivity contribution in [1.82, 2.24) is 9.55 Å². The van der Waals surface area contributed by atoms with Gasteiger partial charge in [0.15, 0.2) is 0 Å². The molecule has 2 aliphatic heterocycles. The second-order valence-corrected chi connectivity index (χ2v) is 10.2. The topological polar surface area (TPSA) is 93.9 Å². The SMILES string of the molecule is O=C(O)c1cn(-c2ccc3c(c2)COC3)c2cc(N3CCCC3COc3ncccc3Cl)c(Cl)cc2c1=O. The van der Waals surface area contributed by atoms with Crippen molar-refractivity contribution in [3.05, 3.63) is 91.8 Å². The zero-order chi connectivity index (χ0) is 26.4. The van der Waals surface area contributed by atoms with E-state index in [-0.39, 0.29) is 17.0 Å². The van der Waals surface area contributed by atoms with E-state index in [1.165, 1.54) is 6.20 Å². The molecular formula is C28H23Cl2N3O5. The Balaban J connectivity index is 1.44. The molecule has 8 nitrogen and oxygen atoms in total. The van der Waals surface area contributed by atoms with Crippen molar-refractivity contribution >= 4 is 45.8 Å². The molecule has 2 aromatic heterocycles. The fraction of sp³-hybridized carbons (Fsp3) is 0.250. The maximum Gasteiger partial charge on any atom is 0.341 e. The van der Waals surface area contributed by atoms with Crippen molar-refractivity contribution in [3.8, 4) is 11.6 Å². The number of aromatic carboxylic acids is 1. The number of ether oxygens (including phenoxy) is 2. The van der Waals surface area contributed by atoms with E-state index in [4.69, 9.17) is 32.7 Å². The van der Waals surface area contributed by atoms with Gasteiger partial charge in [0.25, 0.3) is 0 Å².